The lowest BCUT2D eigenvalue weighted by Gasteiger charge is -2.10. The van der Waals surface area contributed by atoms with Crippen LogP contribution in [0.15, 0.2) is 10.3 Å². The van der Waals surface area contributed by atoms with Crippen molar-refractivity contribution >= 4 is 0 Å². The largest absolute Gasteiger partial charge is 0.383 e. The molecule has 0 amide bonds. The third-order valence-corrected chi connectivity index (χ3v) is 1.61. The number of ether oxygens (including phenoxy) is 1. The van der Waals surface area contributed by atoms with Crippen molar-refractivity contribution in [3.8, 4) is 0 Å². The molecule has 0 bridgehead atoms. The molecule has 0 radical (unpaired) electrons. The van der Waals surface area contributed by atoms with Crippen LogP contribution in [-0.4, -0.2) is 38.4 Å². The molecule has 0 saturated carbocycles. The van der Waals surface area contributed by atoms with Gasteiger partial charge < -0.3 is 4.74 Å². The van der Waals surface area contributed by atoms with E-state index in [9.17, 15) is 0 Å². The van der Waals surface area contributed by atoms with Gasteiger partial charge in [-0.2, -0.15) is 5.11 Å². The zero-order valence-corrected chi connectivity index (χ0v) is 8.45. The summed E-state index contributed by atoms with van der Waals surface area (Å²) in [5.74, 6) is 0. The minimum atomic E-state index is 0.315. The summed E-state index contributed by atoms with van der Waals surface area (Å²) in [4.78, 5) is 0. The molecule has 0 N–H and O–H groups in total. The van der Waals surface area contributed by atoms with Gasteiger partial charge in [-0.05, 0) is 13.3 Å². The predicted octanol–water partition coefficient (Wildman–Crippen LogP) is 1.73. The van der Waals surface area contributed by atoms with Crippen molar-refractivity contribution in [2.24, 2.45) is 10.3 Å². The summed E-state index contributed by atoms with van der Waals surface area (Å²) in [6.45, 7) is 5.62. The van der Waals surface area contributed by atoms with Crippen LogP contribution >= 0.6 is 0 Å². The van der Waals surface area contributed by atoms with Crippen molar-refractivity contribution in [2.45, 2.75) is 26.3 Å². The first-order valence-corrected chi connectivity index (χ1v) is 4.31. The van der Waals surface area contributed by atoms with E-state index in [1.54, 1.807) is 12.1 Å². The van der Waals surface area contributed by atoms with Gasteiger partial charge in [0.05, 0.1) is 19.2 Å². The van der Waals surface area contributed by atoms with E-state index in [2.05, 4.69) is 17.3 Å². The minimum absolute atomic E-state index is 0.315. The van der Waals surface area contributed by atoms with Crippen LogP contribution < -0.4 is 0 Å². The van der Waals surface area contributed by atoms with Crippen molar-refractivity contribution in [3.63, 3.8) is 0 Å². The SMILES string of the molecule is CCC(C)N=NN(C)CCOC. The van der Waals surface area contributed by atoms with Crippen LogP contribution in [0, 0.1) is 0 Å². The number of methoxy groups -OCH3 is 1. The molecule has 1 atom stereocenters. The molecule has 0 aliphatic carbocycles. The second-order valence-corrected chi connectivity index (χ2v) is 2.84. The summed E-state index contributed by atoms with van der Waals surface area (Å²) in [7, 11) is 3.57. The highest BCUT2D eigenvalue weighted by molar-refractivity contribution is 4.51. The van der Waals surface area contributed by atoms with Crippen LogP contribution in [0.3, 0.4) is 0 Å². The molecular weight excluding hydrogens is 154 g/mol. The van der Waals surface area contributed by atoms with Gasteiger partial charge in [0.1, 0.15) is 0 Å². The summed E-state index contributed by atoms with van der Waals surface area (Å²) < 4.78 is 4.90. The van der Waals surface area contributed by atoms with Gasteiger partial charge in [-0.15, -0.1) is 0 Å². The van der Waals surface area contributed by atoms with Crippen LogP contribution in [0.2, 0.25) is 0 Å². The lowest BCUT2D eigenvalue weighted by atomic mass is 10.3. The summed E-state index contributed by atoms with van der Waals surface area (Å²) in [6, 6.07) is 0.315. The zero-order chi connectivity index (χ0) is 9.40. The van der Waals surface area contributed by atoms with Crippen LogP contribution in [0.1, 0.15) is 20.3 Å². The molecule has 1 unspecified atom stereocenters. The first-order chi connectivity index (χ1) is 5.70. The van der Waals surface area contributed by atoms with Crippen LogP contribution in [0.5, 0.6) is 0 Å². The Hall–Kier alpha value is -0.640. The predicted molar refractivity (Wildman–Crippen MR) is 49.1 cm³/mol. The first kappa shape index (κ1) is 11.4. The Kier molecular flexibility index (Phi) is 6.66. The lowest BCUT2D eigenvalue weighted by Crippen LogP contribution is -2.16. The molecule has 0 aliphatic rings. The van der Waals surface area contributed by atoms with E-state index in [0.717, 1.165) is 13.0 Å². The fourth-order valence-electron chi connectivity index (χ4n) is 0.526. The van der Waals surface area contributed by atoms with Crippen LogP contribution in [0.4, 0.5) is 0 Å². The zero-order valence-electron chi connectivity index (χ0n) is 8.45. The lowest BCUT2D eigenvalue weighted by molar-refractivity contribution is 0.158. The van der Waals surface area contributed by atoms with E-state index < -0.39 is 0 Å². The fourth-order valence-corrected chi connectivity index (χ4v) is 0.526. The Balaban J connectivity index is 3.52. The summed E-state index contributed by atoms with van der Waals surface area (Å²) in [5, 5.41) is 9.89. The molecule has 0 saturated heterocycles. The third-order valence-electron chi connectivity index (χ3n) is 1.61. The van der Waals surface area contributed by atoms with Crippen molar-refractivity contribution in [1.82, 2.24) is 5.01 Å². The molecule has 0 rings (SSSR count). The van der Waals surface area contributed by atoms with Crippen molar-refractivity contribution in [3.05, 3.63) is 0 Å². The maximum atomic E-state index is 4.90. The molecule has 0 aromatic carbocycles. The molecule has 0 aliphatic heterocycles. The van der Waals surface area contributed by atoms with E-state index in [1.165, 1.54) is 0 Å². The Labute approximate surface area is 74.6 Å². The monoisotopic (exact) mass is 173 g/mol. The highest BCUT2D eigenvalue weighted by Crippen LogP contribution is 1.96. The Morgan fingerprint density at radius 2 is 2.17 bits per heavy atom. The van der Waals surface area contributed by atoms with Gasteiger partial charge in [0.25, 0.3) is 0 Å². The molecule has 4 heteroatoms. The van der Waals surface area contributed by atoms with Gasteiger partial charge >= 0.3 is 0 Å². The molecule has 72 valence electrons. The maximum absolute atomic E-state index is 4.90. The smallest absolute Gasteiger partial charge is 0.0699 e. The van der Waals surface area contributed by atoms with E-state index in [1.807, 2.05) is 14.0 Å². The van der Waals surface area contributed by atoms with E-state index in [4.69, 9.17) is 4.74 Å². The third kappa shape index (κ3) is 6.09. The van der Waals surface area contributed by atoms with Gasteiger partial charge in [-0.3, -0.25) is 5.01 Å². The number of rotatable bonds is 6. The number of hydrogen-bond donors (Lipinski definition) is 0. The van der Waals surface area contributed by atoms with Crippen LogP contribution in [0.25, 0.3) is 0 Å². The average Bonchev–Trinajstić information content (AvgIpc) is 2.10. The first-order valence-electron chi connectivity index (χ1n) is 4.31. The quantitative estimate of drug-likeness (QED) is 0.453. The van der Waals surface area contributed by atoms with Gasteiger partial charge in [-0.1, -0.05) is 12.1 Å². The van der Waals surface area contributed by atoms with Gasteiger partial charge in [0.15, 0.2) is 0 Å². The molecule has 12 heavy (non-hydrogen) atoms. The highest BCUT2D eigenvalue weighted by atomic mass is 16.5. The minimum Gasteiger partial charge on any atom is -0.383 e. The number of nitrogens with zero attached hydrogens (tertiary/aromatic N) is 3. The molecule has 0 fully saturated rings. The average molecular weight is 173 g/mol. The van der Waals surface area contributed by atoms with Crippen LogP contribution in [-0.2, 0) is 4.74 Å². The molecule has 0 aromatic heterocycles. The Morgan fingerprint density at radius 1 is 1.50 bits per heavy atom. The summed E-state index contributed by atoms with van der Waals surface area (Å²) in [5.41, 5.74) is 0. The van der Waals surface area contributed by atoms with Crippen molar-refractivity contribution in [2.75, 3.05) is 27.3 Å². The highest BCUT2D eigenvalue weighted by Gasteiger charge is 1.95. The maximum Gasteiger partial charge on any atom is 0.0699 e. The topological polar surface area (TPSA) is 37.2 Å². The molecule has 0 aromatic rings. The summed E-state index contributed by atoms with van der Waals surface area (Å²) in [6.07, 6.45) is 1.03. The van der Waals surface area contributed by atoms with Gasteiger partial charge in [-0.25, -0.2) is 0 Å². The van der Waals surface area contributed by atoms with E-state index in [-0.39, 0.29) is 0 Å². The summed E-state index contributed by atoms with van der Waals surface area (Å²) >= 11 is 0. The number of hydrogen-bond acceptors (Lipinski definition) is 3. The van der Waals surface area contributed by atoms with E-state index >= 15 is 0 Å². The molecule has 0 heterocycles. The van der Waals surface area contributed by atoms with Gasteiger partial charge in [0.2, 0.25) is 0 Å². The normalized spacial score (nSPS) is 13.7. The van der Waals surface area contributed by atoms with Crippen molar-refractivity contribution in [1.29, 1.82) is 0 Å². The Morgan fingerprint density at radius 3 is 2.67 bits per heavy atom. The van der Waals surface area contributed by atoms with E-state index in [0.29, 0.717) is 12.6 Å². The second-order valence-electron chi connectivity index (χ2n) is 2.84. The van der Waals surface area contributed by atoms with Gasteiger partial charge in [0, 0.05) is 14.2 Å². The van der Waals surface area contributed by atoms with Crippen molar-refractivity contribution < 1.29 is 4.74 Å². The molecule has 4 nitrogen and oxygen atoms in total. The molecule has 0 spiro atoms. The second kappa shape index (κ2) is 7.03. The molecular formula is C8H19N3O. The Bertz CT molecular complexity index is 127. The number of likely N-dealkylation sites (N-methyl/N-ethyl adjacent to an activating group) is 1. The standard InChI is InChI=1S/C8H19N3O/c1-5-8(2)9-10-11(3)6-7-12-4/h8H,5-7H2,1-4H3. The fraction of sp³-hybridized carbons (Fsp3) is 1.00.